The van der Waals surface area contributed by atoms with E-state index in [0.717, 1.165) is 11.1 Å². The topological polar surface area (TPSA) is 64.0 Å². The second-order valence-corrected chi connectivity index (χ2v) is 7.14. The molecular weight excluding hydrogens is 322 g/mol. The van der Waals surface area contributed by atoms with Crippen LogP contribution in [0.5, 0.6) is 0 Å². The number of nitrogens with one attached hydrogen (secondary N) is 1. The number of nitrogens with zero attached hydrogens (tertiary/aromatic N) is 2. The van der Waals surface area contributed by atoms with Gasteiger partial charge in [-0.15, -0.1) is 0 Å². The Hall–Kier alpha value is -2.60. The third-order valence-corrected chi connectivity index (χ3v) is 5.06. The molecule has 24 heavy (non-hydrogen) atoms. The van der Waals surface area contributed by atoms with Gasteiger partial charge in [0, 0.05) is 12.7 Å². The zero-order valence-electron chi connectivity index (χ0n) is 13.4. The molecule has 0 unspecified atom stereocenters. The molecule has 0 aliphatic rings. The van der Waals surface area contributed by atoms with Crippen molar-refractivity contribution in [2.45, 2.75) is 24.8 Å². The van der Waals surface area contributed by atoms with Crippen LogP contribution in [-0.2, 0) is 23.0 Å². The fourth-order valence-corrected chi connectivity index (χ4v) is 3.50. The van der Waals surface area contributed by atoms with E-state index in [-0.39, 0.29) is 4.90 Å². The molecule has 5 nitrogen and oxygen atoms in total. The second-order valence-electron chi connectivity index (χ2n) is 5.46. The third-order valence-electron chi connectivity index (χ3n) is 3.74. The Bertz CT molecular complexity index is 918. The zero-order valence-corrected chi connectivity index (χ0v) is 14.2. The summed E-state index contributed by atoms with van der Waals surface area (Å²) in [7, 11) is -3.65. The molecule has 2 aromatic carbocycles. The van der Waals surface area contributed by atoms with Gasteiger partial charge in [-0.25, -0.2) is 8.42 Å². The molecule has 0 bridgehead atoms. The van der Waals surface area contributed by atoms with Gasteiger partial charge in [0.05, 0.1) is 11.9 Å². The molecule has 3 aromatic rings. The summed E-state index contributed by atoms with van der Waals surface area (Å²) in [6.07, 6.45) is 3.56. The zero-order chi connectivity index (χ0) is 17.0. The lowest BCUT2D eigenvalue weighted by molar-refractivity contribution is 0.600. The molecule has 6 heteroatoms. The maximum Gasteiger partial charge on any atom is 0.265 e. The van der Waals surface area contributed by atoms with Crippen molar-refractivity contribution in [3.05, 3.63) is 78.1 Å². The smallest absolute Gasteiger partial charge is 0.265 e. The van der Waals surface area contributed by atoms with Gasteiger partial charge >= 0.3 is 0 Å². The number of aryl methyl sites for hydroxylation is 1. The minimum Gasteiger partial charge on any atom is -0.279 e. The standard InChI is InChI=1S/C18H19N3O2S/c1-2-21-14-17(13-19-21)24(22,23)20-18-11-7-6-10-16(18)12-15-8-4-3-5-9-15/h3-11,13-14,20H,2,12H2,1H3. The minimum atomic E-state index is -3.65. The molecule has 0 saturated heterocycles. The van der Waals surface area contributed by atoms with Crippen LogP contribution in [0.4, 0.5) is 5.69 Å². The van der Waals surface area contributed by atoms with Gasteiger partial charge in [0.25, 0.3) is 10.0 Å². The van der Waals surface area contributed by atoms with E-state index in [4.69, 9.17) is 0 Å². The largest absolute Gasteiger partial charge is 0.279 e. The van der Waals surface area contributed by atoms with Gasteiger partial charge in [0.2, 0.25) is 0 Å². The normalized spacial score (nSPS) is 11.4. The average Bonchev–Trinajstić information content (AvgIpc) is 3.08. The van der Waals surface area contributed by atoms with E-state index in [1.165, 1.54) is 12.4 Å². The van der Waals surface area contributed by atoms with Crippen molar-refractivity contribution >= 4 is 15.7 Å². The summed E-state index contributed by atoms with van der Waals surface area (Å²) in [6, 6.07) is 17.4. The van der Waals surface area contributed by atoms with Crippen molar-refractivity contribution < 1.29 is 8.42 Å². The number of hydrogen-bond donors (Lipinski definition) is 1. The number of para-hydroxylation sites is 1. The fourth-order valence-electron chi connectivity index (χ4n) is 2.45. The Balaban J connectivity index is 1.87. The first kappa shape index (κ1) is 16.3. The predicted octanol–water partition coefficient (Wildman–Crippen LogP) is 3.29. The Morgan fingerprint density at radius 1 is 1.04 bits per heavy atom. The van der Waals surface area contributed by atoms with E-state index < -0.39 is 10.0 Å². The van der Waals surface area contributed by atoms with Crippen LogP contribution in [0.25, 0.3) is 0 Å². The van der Waals surface area contributed by atoms with Crippen LogP contribution in [0, 0.1) is 0 Å². The van der Waals surface area contributed by atoms with Gasteiger partial charge in [-0.3, -0.25) is 9.40 Å². The molecule has 3 rings (SSSR count). The molecule has 1 N–H and O–H groups in total. The lowest BCUT2D eigenvalue weighted by Crippen LogP contribution is -2.14. The maximum absolute atomic E-state index is 12.6. The molecule has 0 radical (unpaired) electrons. The predicted molar refractivity (Wildman–Crippen MR) is 94.4 cm³/mol. The lowest BCUT2D eigenvalue weighted by atomic mass is 10.0. The number of hydrogen-bond acceptors (Lipinski definition) is 3. The third kappa shape index (κ3) is 3.65. The molecule has 0 fully saturated rings. The first-order valence-electron chi connectivity index (χ1n) is 7.75. The molecule has 0 atom stereocenters. The molecular formula is C18H19N3O2S. The van der Waals surface area contributed by atoms with Crippen LogP contribution >= 0.6 is 0 Å². The van der Waals surface area contributed by atoms with Crippen molar-refractivity contribution in [1.82, 2.24) is 9.78 Å². The van der Waals surface area contributed by atoms with Crippen molar-refractivity contribution in [3.63, 3.8) is 0 Å². The molecule has 0 saturated carbocycles. The van der Waals surface area contributed by atoms with Crippen molar-refractivity contribution in [3.8, 4) is 0 Å². The van der Waals surface area contributed by atoms with E-state index in [0.29, 0.717) is 18.7 Å². The number of anilines is 1. The number of rotatable bonds is 6. The summed E-state index contributed by atoms with van der Waals surface area (Å²) in [4.78, 5) is 0.166. The Morgan fingerprint density at radius 3 is 2.46 bits per heavy atom. The van der Waals surface area contributed by atoms with E-state index in [9.17, 15) is 8.42 Å². The average molecular weight is 341 g/mol. The van der Waals surface area contributed by atoms with Crippen molar-refractivity contribution in [1.29, 1.82) is 0 Å². The molecule has 124 valence electrons. The second kappa shape index (κ2) is 6.88. The van der Waals surface area contributed by atoms with Gasteiger partial charge in [0.15, 0.2) is 0 Å². The van der Waals surface area contributed by atoms with Gasteiger partial charge in [0.1, 0.15) is 4.90 Å². The van der Waals surface area contributed by atoms with Crippen molar-refractivity contribution in [2.75, 3.05) is 4.72 Å². The van der Waals surface area contributed by atoms with Gasteiger partial charge in [-0.05, 0) is 30.5 Å². The Morgan fingerprint density at radius 2 is 1.75 bits per heavy atom. The summed E-state index contributed by atoms with van der Waals surface area (Å²) in [6.45, 7) is 2.53. The summed E-state index contributed by atoms with van der Waals surface area (Å²) in [5, 5.41) is 4.03. The van der Waals surface area contributed by atoms with Gasteiger partial charge < -0.3 is 0 Å². The van der Waals surface area contributed by atoms with Crippen LogP contribution in [0.15, 0.2) is 71.9 Å². The van der Waals surface area contributed by atoms with Gasteiger partial charge in [-0.2, -0.15) is 5.10 Å². The maximum atomic E-state index is 12.6. The Labute approximate surface area is 142 Å². The first-order valence-corrected chi connectivity index (χ1v) is 9.24. The SMILES string of the molecule is CCn1cc(S(=O)(=O)Nc2ccccc2Cc2ccccc2)cn1. The summed E-state index contributed by atoms with van der Waals surface area (Å²) in [5.74, 6) is 0. The lowest BCUT2D eigenvalue weighted by Gasteiger charge is -2.12. The summed E-state index contributed by atoms with van der Waals surface area (Å²) < 4.78 is 29.4. The first-order chi connectivity index (χ1) is 11.6. The highest BCUT2D eigenvalue weighted by molar-refractivity contribution is 7.92. The fraction of sp³-hybridized carbons (Fsp3) is 0.167. The molecule has 0 spiro atoms. The molecule has 1 heterocycles. The highest BCUT2D eigenvalue weighted by Gasteiger charge is 2.18. The number of benzene rings is 2. The minimum absolute atomic E-state index is 0.166. The Kier molecular flexibility index (Phi) is 4.66. The van der Waals surface area contributed by atoms with E-state index in [1.807, 2.05) is 55.5 Å². The highest BCUT2D eigenvalue weighted by atomic mass is 32.2. The highest BCUT2D eigenvalue weighted by Crippen LogP contribution is 2.22. The van der Waals surface area contributed by atoms with Crippen LogP contribution in [0.1, 0.15) is 18.1 Å². The number of aromatic nitrogens is 2. The van der Waals surface area contributed by atoms with E-state index in [1.54, 1.807) is 10.7 Å². The van der Waals surface area contributed by atoms with Gasteiger partial charge in [-0.1, -0.05) is 48.5 Å². The number of sulfonamides is 1. The van der Waals surface area contributed by atoms with E-state index >= 15 is 0 Å². The van der Waals surface area contributed by atoms with Crippen LogP contribution in [0.3, 0.4) is 0 Å². The quantitative estimate of drug-likeness (QED) is 0.748. The summed E-state index contributed by atoms with van der Waals surface area (Å²) >= 11 is 0. The summed E-state index contributed by atoms with van der Waals surface area (Å²) in [5.41, 5.74) is 2.64. The van der Waals surface area contributed by atoms with Crippen LogP contribution in [0.2, 0.25) is 0 Å². The van der Waals surface area contributed by atoms with Crippen LogP contribution in [-0.4, -0.2) is 18.2 Å². The van der Waals surface area contributed by atoms with Crippen molar-refractivity contribution in [2.24, 2.45) is 0 Å². The van der Waals surface area contributed by atoms with E-state index in [2.05, 4.69) is 9.82 Å². The molecule has 1 aromatic heterocycles. The monoisotopic (exact) mass is 341 g/mol. The molecule has 0 aliphatic heterocycles. The molecule has 0 aliphatic carbocycles. The molecule has 0 amide bonds. The van der Waals surface area contributed by atoms with Crippen LogP contribution < -0.4 is 4.72 Å².